The number of benzene rings is 3. The van der Waals surface area contributed by atoms with Crippen LogP contribution in [0, 0.1) is 0 Å². The molecule has 0 bridgehead atoms. The van der Waals surface area contributed by atoms with Crippen molar-refractivity contribution in [3.8, 4) is 11.4 Å². The first-order valence-corrected chi connectivity index (χ1v) is 10.2. The van der Waals surface area contributed by atoms with Crippen molar-refractivity contribution in [2.45, 2.75) is 13.0 Å². The Bertz CT molecular complexity index is 1210. The molecule has 1 aromatic heterocycles. The summed E-state index contributed by atoms with van der Waals surface area (Å²) in [5.74, 6) is 0.114. The molecule has 6 nitrogen and oxygen atoms in total. The molecule has 32 heavy (non-hydrogen) atoms. The second-order valence-corrected chi connectivity index (χ2v) is 7.30. The van der Waals surface area contributed by atoms with Gasteiger partial charge in [-0.3, -0.25) is 9.59 Å². The van der Waals surface area contributed by atoms with Crippen LogP contribution in [0.4, 0.5) is 5.69 Å². The molecular weight excluding hydrogens is 400 g/mol. The Hall–Kier alpha value is -4.32. The number of carbonyl (C=O) groups excluding carboxylic acids is 2. The van der Waals surface area contributed by atoms with E-state index in [0.717, 1.165) is 11.1 Å². The molecule has 0 aliphatic rings. The van der Waals surface area contributed by atoms with Crippen molar-refractivity contribution in [1.29, 1.82) is 0 Å². The number of amides is 2. The van der Waals surface area contributed by atoms with E-state index in [9.17, 15) is 9.59 Å². The van der Waals surface area contributed by atoms with Crippen LogP contribution < -0.4 is 10.6 Å². The van der Waals surface area contributed by atoms with E-state index in [4.69, 9.17) is 0 Å². The van der Waals surface area contributed by atoms with Gasteiger partial charge in [-0.2, -0.15) is 0 Å². The molecule has 0 saturated carbocycles. The lowest BCUT2D eigenvalue weighted by atomic mass is 10.1. The third-order valence-corrected chi connectivity index (χ3v) is 4.97. The summed E-state index contributed by atoms with van der Waals surface area (Å²) in [6.07, 6.45) is 3.04. The van der Waals surface area contributed by atoms with Crippen molar-refractivity contribution in [2.75, 3.05) is 5.32 Å². The van der Waals surface area contributed by atoms with Gasteiger partial charge in [-0.15, -0.1) is 0 Å². The van der Waals surface area contributed by atoms with E-state index >= 15 is 0 Å². The first-order valence-electron chi connectivity index (χ1n) is 10.2. The number of rotatable bonds is 6. The highest BCUT2D eigenvalue weighted by Gasteiger charge is 2.14. The summed E-state index contributed by atoms with van der Waals surface area (Å²) >= 11 is 0. The topological polar surface area (TPSA) is 84.0 Å². The summed E-state index contributed by atoms with van der Waals surface area (Å²) in [6.45, 7) is 1.88. The minimum atomic E-state index is -0.273. The average molecular weight is 422 g/mol. The normalized spacial score (nSPS) is 11.4. The summed E-state index contributed by atoms with van der Waals surface area (Å²) < 4.78 is 0. The zero-order valence-electron chi connectivity index (χ0n) is 17.5. The van der Waals surface area contributed by atoms with Gasteiger partial charge in [0.2, 0.25) is 0 Å². The second kappa shape index (κ2) is 9.66. The third kappa shape index (κ3) is 5.05. The van der Waals surface area contributed by atoms with Gasteiger partial charge in [-0.05, 0) is 36.8 Å². The molecule has 0 spiro atoms. The maximum atomic E-state index is 12.7. The van der Waals surface area contributed by atoms with Crippen LogP contribution in [-0.4, -0.2) is 21.8 Å². The molecule has 4 rings (SSSR count). The van der Waals surface area contributed by atoms with Crippen molar-refractivity contribution in [3.63, 3.8) is 0 Å². The Kier molecular flexibility index (Phi) is 6.32. The molecule has 2 N–H and O–H groups in total. The van der Waals surface area contributed by atoms with E-state index in [-0.39, 0.29) is 17.9 Å². The van der Waals surface area contributed by atoms with Crippen molar-refractivity contribution < 1.29 is 9.59 Å². The maximum absolute atomic E-state index is 12.7. The highest BCUT2D eigenvalue weighted by Crippen LogP contribution is 2.19. The molecule has 0 aliphatic carbocycles. The maximum Gasteiger partial charge on any atom is 0.255 e. The first-order chi connectivity index (χ1) is 15.6. The predicted octanol–water partition coefficient (Wildman–Crippen LogP) is 4.89. The van der Waals surface area contributed by atoms with Gasteiger partial charge in [0.05, 0.1) is 11.6 Å². The van der Waals surface area contributed by atoms with E-state index < -0.39 is 0 Å². The molecule has 1 heterocycles. The lowest BCUT2D eigenvalue weighted by Crippen LogP contribution is -2.27. The molecule has 0 saturated heterocycles. The quantitative estimate of drug-likeness (QED) is 0.464. The van der Waals surface area contributed by atoms with Crippen molar-refractivity contribution in [3.05, 3.63) is 114 Å². The number of hydrogen-bond donors (Lipinski definition) is 2. The van der Waals surface area contributed by atoms with Gasteiger partial charge in [0.15, 0.2) is 5.82 Å². The Morgan fingerprint density at radius 2 is 1.41 bits per heavy atom. The standard InChI is InChI=1S/C26H22N4O2/c1-18(21-13-8-14-23(15-21)30-25(31)20-11-6-3-7-12-20)29-26(32)22-16-27-24(28-17-22)19-9-4-2-5-10-19/h2-18H,1H3,(H,29,32)(H,30,31). The summed E-state index contributed by atoms with van der Waals surface area (Å²) in [5, 5.41) is 5.84. The highest BCUT2D eigenvalue weighted by molar-refractivity contribution is 6.04. The molecule has 0 radical (unpaired) electrons. The summed E-state index contributed by atoms with van der Waals surface area (Å²) in [5.41, 5.74) is 3.38. The molecule has 158 valence electrons. The van der Waals surface area contributed by atoms with Crippen LogP contribution in [0.15, 0.2) is 97.3 Å². The van der Waals surface area contributed by atoms with Crippen LogP contribution in [0.25, 0.3) is 11.4 Å². The number of nitrogens with one attached hydrogen (secondary N) is 2. The molecule has 3 aromatic carbocycles. The molecule has 1 atom stereocenters. The molecule has 1 unspecified atom stereocenters. The van der Waals surface area contributed by atoms with E-state index in [0.29, 0.717) is 22.6 Å². The lowest BCUT2D eigenvalue weighted by Gasteiger charge is -2.16. The van der Waals surface area contributed by atoms with Crippen LogP contribution in [-0.2, 0) is 0 Å². The van der Waals surface area contributed by atoms with Crippen molar-refractivity contribution >= 4 is 17.5 Å². The van der Waals surface area contributed by atoms with Crippen LogP contribution >= 0.6 is 0 Å². The molecule has 0 fully saturated rings. The van der Waals surface area contributed by atoms with Crippen LogP contribution in [0.2, 0.25) is 0 Å². The monoisotopic (exact) mass is 422 g/mol. The Balaban J connectivity index is 1.41. The number of hydrogen-bond acceptors (Lipinski definition) is 4. The Labute approximate surface area is 186 Å². The third-order valence-electron chi connectivity index (χ3n) is 4.97. The van der Waals surface area contributed by atoms with Gasteiger partial charge < -0.3 is 10.6 Å². The van der Waals surface area contributed by atoms with E-state index in [1.54, 1.807) is 12.1 Å². The van der Waals surface area contributed by atoms with E-state index in [2.05, 4.69) is 20.6 Å². The number of anilines is 1. The van der Waals surface area contributed by atoms with Gasteiger partial charge in [0, 0.05) is 29.2 Å². The fraction of sp³-hybridized carbons (Fsp3) is 0.0769. The zero-order valence-corrected chi connectivity index (χ0v) is 17.5. The Morgan fingerprint density at radius 3 is 2.09 bits per heavy atom. The number of carbonyl (C=O) groups is 2. The van der Waals surface area contributed by atoms with Gasteiger partial charge in [0.25, 0.3) is 11.8 Å². The minimum Gasteiger partial charge on any atom is -0.345 e. The summed E-state index contributed by atoms with van der Waals surface area (Å²) in [6, 6.07) is 25.7. The van der Waals surface area contributed by atoms with E-state index in [1.165, 1.54) is 12.4 Å². The number of aromatic nitrogens is 2. The molecule has 6 heteroatoms. The zero-order chi connectivity index (χ0) is 22.3. The highest BCUT2D eigenvalue weighted by atomic mass is 16.2. The first kappa shape index (κ1) is 20.9. The van der Waals surface area contributed by atoms with Gasteiger partial charge >= 0.3 is 0 Å². The van der Waals surface area contributed by atoms with Gasteiger partial charge in [-0.1, -0.05) is 60.7 Å². The second-order valence-electron chi connectivity index (χ2n) is 7.30. The molecule has 2 amide bonds. The predicted molar refractivity (Wildman–Crippen MR) is 124 cm³/mol. The van der Waals surface area contributed by atoms with E-state index in [1.807, 2.05) is 79.7 Å². The van der Waals surface area contributed by atoms with Crippen molar-refractivity contribution in [2.24, 2.45) is 0 Å². The largest absolute Gasteiger partial charge is 0.345 e. The average Bonchev–Trinajstić information content (AvgIpc) is 2.85. The summed E-state index contributed by atoms with van der Waals surface area (Å²) in [4.78, 5) is 33.7. The number of nitrogens with zero attached hydrogens (tertiary/aromatic N) is 2. The smallest absolute Gasteiger partial charge is 0.255 e. The molecule has 4 aromatic rings. The molecular formula is C26H22N4O2. The van der Waals surface area contributed by atoms with Crippen molar-refractivity contribution in [1.82, 2.24) is 15.3 Å². The van der Waals surface area contributed by atoms with Gasteiger partial charge in [-0.25, -0.2) is 9.97 Å². The van der Waals surface area contributed by atoms with Gasteiger partial charge in [0.1, 0.15) is 0 Å². The fourth-order valence-electron chi connectivity index (χ4n) is 3.22. The van der Waals surface area contributed by atoms with Crippen LogP contribution in [0.1, 0.15) is 39.2 Å². The lowest BCUT2D eigenvalue weighted by molar-refractivity contribution is 0.0938. The SMILES string of the molecule is CC(NC(=O)c1cnc(-c2ccccc2)nc1)c1cccc(NC(=O)c2ccccc2)c1. The summed E-state index contributed by atoms with van der Waals surface area (Å²) in [7, 11) is 0. The minimum absolute atomic E-state index is 0.185. The fourth-order valence-corrected chi connectivity index (χ4v) is 3.22. The Morgan fingerprint density at radius 1 is 0.750 bits per heavy atom. The molecule has 0 aliphatic heterocycles. The van der Waals surface area contributed by atoms with Crippen LogP contribution in [0.5, 0.6) is 0 Å². The van der Waals surface area contributed by atoms with Crippen LogP contribution in [0.3, 0.4) is 0 Å².